The Morgan fingerprint density at radius 1 is 1.29 bits per heavy atom. The molecule has 1 heterocycles. The Hall–Kier alpha value is -0.880. The van der Waals surface area contributed by atoms with Gasteiger partial charge in [0.15, 0.2) is 0 Å². The molecule has 1 aliphatic heterocycles. The van der Waals surface area contributed by atoms with Crippen molar-refractivity contribution < 1.29 is 34.2 Å². The summed E-state index contributed by atoms with van der Waals surface area (Å²) in [5, 5.41) is 2.92. The summed E-state index contributed by atoms with van der Waals surface area (Å²) < 4.78 is 33.3. The first kappa shape index (κ1) is 16.5. The summed E-state index contributed by atoms with van der Waals surface area (Å²) in [4.78, 5) is 7.49. The van der Waals surface area contributed by atoms with Crippen LogP contribution < -0.4 is 32.3 Å². The summed E-state index contributed by atoms with van der Waals surface area (Å²) in [5.41, 5.74) is 6.00. The molecular weight excluding hydrogens is 454 g/mol. The molecule has 7 nitrogen and oxygen atoms in total. The van der Waals surface area contributed by atoms with Crippen LogP contribution in [-0.4, -0.2) is 21.4 Å². The average molecular weight is 462 g/mol. The predicted molar refractivity (Wildman–Crippen MR) is 79.0 cm³/mol. The molecule has 0 bridgehead atoms. The topological polar surface area (TPSA) is 117 Å². The van der Waals surface area contributed by atoms with Crippen LogP contribution in [-0.2, 0) is 10.1 Å². The molecule has 4 N–H and O–H groups in total. The molecule has 0 saturated heterocycles. The first-order valence-corrected chi connectivity index (χ1v) is 9.74. The number of hydrogen-bond acceptors (Lipinski definition) is 6. The molecule has 1 aliphatic rings. The van der Waals surface area contributed by atoms with Crippen molar-refractivity contribution in [2.45, 2.75) is 4.90 Å². The van der Waals surface area contributed by atoms with Gasteiger partial charge < -0.3 is 0 Å². The van der Waals surface area contributed by atoms with Crippen LogP contribution in [0.2, 0.25) is 0 Å². The third-order valence-corrected chi connectivity index (χ3v) is 5.59. The molecule has 11 heteroatoms. The van der Waals surface area contributed by atoms with Crippen LogP contribution in [0.3, 0.4) is 0 Å². The molecule has 21 heavy (non-hydrogen) atoms. The predicted octanol–water partition coefficient (Wildman–Crippen LogP) is -0.982. The molecule has 0 fully saturated rings. The van der Waals surface area contributed by atoms with E-state index >= 15 is 0 Å². The van der Waals surface area contributed by atoms with Crippen molar-refractivity contribution in [3.8, 4) is 0 Å². The maximum atomic E-state index is 11.1. The quantitative estimate of drug-likeness (QED) is 0.231. The maximum absolute atomic E-state index is 11.1. The normalized spacial score (nSPS) is 16.0. The number of benzene rings is 1. The SMILES string of the molecule is Nc1cc(NC2=C[I-]C(Cl)=NC(Cl)=N2)ccc1S(=O)(=O)O. The molecule has 1 aromatic rings. The Balaban J connectivity index is 2.26. The van der Waals surface area contributed by atoms with E-state index in [-0.39, 0.29) is 15.9 Å². The number of amidine groups is 1. The molecular formula is C10H8Cl2IN4O3S-. The van der Waals surface area contributed by atoms with Gasteiger partial charge in [0.25, 0.3) is 0 Å². The second-order valence-corrected chi connectivity index (χ2v) is 8.68. The van der Waals surface area contributed by atoms with Crippen molar-refractivity contribution >= 4 is 53.2 Å². The van der Waals surface area contributed by atoms with Gasteiger partial charge in [-0.25, -0.2) is 0 Å². The molecule has 114 valence electrons. The van der Waals surface area contributed by atoms with Gasteiger partial charge in [0.05, 0.1) is 0 Å². The van der Waals surface area contributed by atoms with E-state index in [4.69, 9.17) is 33.5 Å². The molecule has 0 aliphatic carbocycles. The van der Waals surface area contributed by atoms with Crippen molar-refractivity contribution in [2.75, 3.05) is 11.1 Å². The second-order valence-electron chi connectivity index (χ2n) is 3.69. The van der Waals surface area contributed by atoms with Gasteiger partial charge in [0, 0.05) is 0 Å². The Labute approximate surface area is 140 Å². The fraction of sp³-hybridized carbons (Fsp3) is 0. The zero-order valence-corrected chi connectivity index (χ0v) is 14.6. The number of rotatable bonds is 3. The Morgan fingerprint density at radius 3 is 2.62 bits per heavy atom. The van der Waals surface area contributed by atoms with Gasteiger partial charge in [-0.15, -0.1) is 0 Å². The molecule has 1 aromatic carbocycles. The van der Waals surface area contributed by atoms with Crippen molar-refractivity contribution in [3.63, 3.8) is 0 Å². The van der Waals surface area contributed by atoms with Gasteiger partial charge in [-0.1, -0.05) is 0 Å². The van der Waals surface area contributed by atoms with Crippen LogP contribution in [0.1, 0.15) is 0 Å². The standard InChI is InChI=1S/C10H8Cl2IN4O3S/c11-9-13-4-8(16-10(12)17-9)15-5-1-2-7(6(14)3-5)21(18,19)20/h1-4,15H,14H2,(H,18,19,20)/q-1. The van der Waals surface area contributed by atoms with E-state index in [1.165, 1.54) is 18.2 Å². The molecule has 0 atom stereocenters. The number of halogens is 3. The van der Waals surface area contributed by atoms with Gasteiger partial charge in [-0.2, -0.15) is 0 Å². The summed E-state index contributed by atoms with van der Waals surface area (Å²) in [5.74, 6) is 0.436. The fourth-order valence-corrected chi connectivity index (χ4v) is 3.93. The minimum atomic E-state index is -4.35. The van der Waals surface area contributed by atoms with Crippen LogP contribution in [0.4, 0.5) is 11.4 Å². The first-order valence-electron chi connectivity index (χ1n) is 5.22. The van der Waals surface area contributed by atoms with E-state index in [2.05, 4.69) is 15.3 Å². The van der Waals surface area contributed by atoms with Crippen LogP contribution in [0.5, 0.6) is 0 Å². The van der Waals surface area contributed by atoms with Crippen LogP contribution in [0.15, 0.2) is 43.0 Å². The van der Waals surface area contributed by atoms with Gasteiger partial charge in [0.1, 0.15) is 0 Å². The van der Waals surface area contributed by atoms with Crippen LogP contribution in [0, 0.1) is 0 Å². The molecule has 0 aromatic heterocycles. The zero-order chi connectivity index (χ0) is 15.6. The van der Waals surface area contributed by atoms with Gasteiger partial charge in [-0.3, -0.25) is 0 Å². The Bertz CT molecular complexity index is 777. The first-order chi connectivity index (χ1) is 9.75. The number of aliphatic imine (C=N–C) groups is 2. The summed E-state index contributed by atoms with van der Waals surface area (Å²) in [6.45, 7) is 0. The van der Waals surface area contributed by atoms with Gasteiger partial charge in [-0.05, 0) is 0 Å². The average Bonchev–Trinajstić information content (AvgIpc) is 2.48. The number of nitrogens with zero attached hydrogens (tertiary/aromatic N) is 2. The Morgan fingerprint density at radius 2 is 2.00 bits per heavy atom. The monoisotopic (exact) mass is 461 g/mol. The van der Waals surface area contributed by atoms with Crippen molar-refractivity contribution in [1.29, 1.82) is 0 Å². The van der Waals surface area contributed by atoms with Crippen LogP contribution >= 0.6 is 23.2 Å². The molecule has 2 rings (SSSR count). The molecule has 0 amide bonds. The van der Waals surface area contributed by atoms with E-state index in [0.717, 1.165) is 0 Å². The van der Waals surface area contributed by atoms with E-state index in [1.807, 2.05) is 0 Å². The fourth-order valence-electron chi connectivity index (χ4n) is 1.40. The number of anilines is 2. The number of hydrogen-bond donors (Lipinski definition) is 3. The molecule has 0 unspecified atom stereocenters. The van der Waals surface area contributed by atoms with E-state index in [9.17, 15) is 8.42 Å². The van der Waals surface area contributed by atoms with Crippen molar-refractivity contribution in [2.24, 2.45) is 9.98 Å². The summed E-state index contributed by atoms with van der Waals surface area (Å²) in [6.07, 6.45) is 0. The van der Waals surface area contributed by atoms with E-state index < -0.39 is 31.3 Å². The summed E-state index contributed by atoms with van der Waals surface area (Å²) in [7, 11) is -4.35. The summed E-state index contributed by atoms with van der Waals surface area (Å²) in [6, 6.07) is 3.99. The summed E-state index contributed by atoms with van der Waals surface area (Å²) >= 11 is 10.9. The van der Waals surface area contributed by atoms with Crippen molar-refractivity contribution in [1.82, 2.24) is 0 Å². The van der Waals surface area contributed by atoms with E-state index in [1.54, 1.807) is 4.08 Å². The minimum absolute atomic E-state index is 0.00141. The molecule has 0 radical (unpaired) electrons. The van der Waals surface area contributed by atoms with Gasteiger partial charge in [0.2, 0.25) is 0 Å². The number of nitrogens with two attached hydrogens (primary N) is 1. The van der Waals surface area contributed by atoms with Crippen molar-refractivity contribution in [3.05, 3.63) is 28.1 Å². The number of nitrogens with one attached hydrogen (secondary N) is 1. The van der Waals surface area contributed by atoms with Gasteiger partial charge >= 0.3 is 141 Å². The Kier molecular flexibility index (Phi) is 5.09. The molecule has 0 saturated carbocycles. The molecule has 0 spiro atoms. The third-order valence-electron chi connectivity index (χ3n) is 2.20. The number of nitrogen functional groups attached to an aromatic ring is 1. The van der Waals surface area contributed by atoms with Crippen LogP contribution in [0.25, 0.3) is 0 Å². The van der Waals surface area contributed by atoms with E-state index in [0.29, 0.717) is 14.7 Å². The zero-order valence-electron chi connectivity index (χ0n) is 10.1. The second kappa shape index (κ2) is 6.48. The third kappa shape index (κ3) is 4.54.